The molecular formula is C18H19N3O2. The van der Waals surface area contributed by atoms with Crippen molar-refractivity contribution < 1.29 is 9.53 Å². The number of ether oxygens (including phenoxy) is 1. The number of methoxy groups -OCH3 is 1. The highest BCUT2D eigenvalue weighted by atomic mass is 16.5. The number of nitrogens with one attached hydrogen (secondary N) is 2. The molecule has 2 aromatic carbocycles. The van der Waals surface area contributed by atoms with Crippen molar-refractivity contribution in [2.24, 2.45) is 0 Å². The van der Waals surface area contributed by atoms with Gasteiger partial charge in [-0.15, -0.1) is 0 Å². The van der Waals surface area contributed by atoms with Crippen LogP contribution in [0.5, 0.6) is 5.75 Å². The first-order chi connectivity index (χ1) is 11.1. The second-order valence-corrected chi connectivity index (χ2v) is 5.52. The molecule has 0 radical (unpaired) electrons. The van der Waals surface area contributed by atoms with E-state index in [2.05, 4.69) is 15.3 Å². The van der Waals surface area contributed by atoms with Crippen molar-refractivity contribution >= 4 is 16.9 Å². The maximum Gasteiger partial charge on any atom is 0.251 e. The Hall–Kier alpha value is -2.82. The Labute approximate surface area is 134 Å². The quantitative estimate of drug-likeness (QED) is 0.776. The number of nitrogens with zero attached hydrogens (tertiary/aromatic N) is 1. The summed E-state index contributed by atoms with van der Waals surface area (Å²) < 4.78 is 5.27. The van der Waals surface area contributed by atoms with E-state index in [1.165, 1.54) is 0 Å². The zero-order chi connectivity index (χ0) is 16.4. The van der Waals surface area contributed by atoms with Gasteiger partial charge >= 0.3 is 0 Å². The number of aromatic amines is 1. The summed E-state index contributed by atoms with van der Waals surface area (Å²) in [7, 11) is 1.60. The number of aryl methyl sites for hydroxylation is 1. The first-order valence-electron chi connectivity index (χ1n) is 7.48. The molecular weight excluding hydrogens is 290 g/mol. The summed E-state index contributed by atoms with van der Waals surface area (Å²) in [5.74, 6) is 1.28. The number of amides is 1. The molecule has 1 heterocycles. The van der Waals surface area contributed by atoms with Crippen LogP contribution in [-0.2, 0) is 0 Å². The van der Waals surface area contributed by atoms with Crippen molar-refractivity contribution in [3.63, 3.8) is 0 Å². The molecule has 0 fully saturated rings. The molecule has 5 nitrogen and oxygen atoms in total. The minimum Gasteiger partial charge on any atom is -0.496 e. The van der Waals surface area contributed by atoms with Crippen LogP contribution < -0.4 is 10.1 Å². The Morgan fingerprint density at radius 2 is 2.04 bits per heavy atom. The average molecular weight is 309 g/mol. The highest BCUT2D eigenvalue weighted by molar-refractivity contribution is 5.95. The Morgan fingerprint density at radius 3 is 2.78 bits per heavy atom. The van der Waals surface area contributed by atoms with Gasteiger partial charge in [-0.25, -0.2) is 4.98 Å². The number of carbonyl (C=O) groups is 1. The minimum absolute atomic E-state index is 0.156. The van der Waals surface area contributed by atoms with Crippen LogP contribution in [0, 0.1) is 6.92 Å². The van der Waals surface area contributed by atoms with Gasteiger partial charge in [-0.05, 0) is 43.7 Å². The summed E-state index contributed by atoms with van der Waals surface area (Å²) >= 11 is 0. The number of para-hydroxylation sites is 2. The Kier molecular flexibility index (Phi) is 4.02. The van der Waals surface area contributed by atoms with E-state index in [4.69, 9.17) is 4.74 Å². The third kappa shape index (κ3) is 3.04. The van der Waals surface area contributed by atoms with Crippen LogP contribution in [0.2, 0.25) is 0 Å². The summed E-state index contributed by atoms with van der Waals surface area (Å²) in [5, 5.41) is 2.96. The van der Waals surface area contributed by atoms with E-state index < -0.39 is 0 Å². The number of imidazole rings is 1. The maximum absolute atomic E-state index is 12.4. The van der Waals surface area contributed by atoms with E-state index in [1.54, 1.807) is 19.2 Å². The lowest BCUT2D eigenvalue weighted by Gasteiger charge is -2.12. The third-order valence-electron chi connectivity index (χ3n) is 3.84. The summed E-state index contributed by atoms with van der Waals surface area (Å²) in [6, 6.07) is 13.0. The molecule has 0 aliphatic heterocycles. The van der Waals surface area contributed by atoms with Gasteiger partial charge in [-0.3, -0.25) is 4.79 Å². The number of carbonyl (C=O) groups excluding carboxylic acids is 1. The van der Waals surface area contributed by atoms with Crippen LogP contribution >= 0.6 is 0 Å². The summed E-state index contributed by atoms with van der Waals surface area (Å²) in [5.41, 5.74) is 3.41. The number of rotatable bonds is 4. The molecule has 23 heavy (non-hydrogen) atoms. The van der Waals surface area contributed by atoms with Gasteiger partial charge in [0, 0.05) is 5.56 Å². The number of aromatic nitrogens is 2. The fraction of sp³-hybridized carbons (Fsp3) is 0.222. The van der Waals surface area contributed by atoms with Crippen LogP contribution in [0.4, 0.5) is 0 Å². The third-order valence-corrected chi connectivity index (χ3v) is 3.84. The number of H-pyrrole nitrogens is 1. The summed E-state index contributed by atoms with van der Waals surface area (Å²) in [4.78, 5) is 20.2. The molecule has 0 saturated carbocycles. The van der Waals surface area contributed by atoms with Crippen LogP contribution in [-0.4, -0.2) is 23.0 Å². The van der Waals surface area contributed by atoms with Crippen molar-refractivity contribution in [2.75, 3.05) is 7.11 Å². The Bertz CT molecular complexity index is 821. The molecule has 1 unspecified atom stereocenters. The van der Waals surface area contributed by atoms with Gasteiger partial charge in [-0.2, -0.15) is 0 Å². The molecule has 3 aromatic rings. The van der Waals surface area contributed by atoms with Crippen LogP contribution in [0.25, 0.3) is 11.0 Å². The largest absolute Gasteiger partial charge is 0.496 e. The Morgan fingerprint density at radius 1 is 1.26 bits per heavy atom. The van der Waals surface area contributed by atoms with Gasteiger partial charge < -0.3 is 15.0 Å². The van der Waals surface area contributed by atoms with E-state index >= 15 is 0 Å². The monoisotopic (exact) mass is 309 g/mol. The molecule has 0 bridgehead atoms. The fourth-order valence-corrected chi connectivity index (χ4v) is 2.49. The highest BCUT2D eigenvalue weighted by Gasteiger charge is 2.15. The van der Waals surface area contributed by atoms with Crippen molar-refractivity contribution in [1.29, 1.82) is 0 Å². The molecule has 0 saturated heterocycles. The van der Waals surface area contributed by atoms with Crippen LogP contribution in [0.3, 0.4) is 0 Å². The van der Waals surface area contributed by atoms with E-state index in [0.29, 0.717) is 11.3 Å². The van der Waals surface area contributed by atoms with Crippen LogP contribution in [0.1, 0.15) is 34.7 Å². The lowest BCUT2D eigenvalue weighted by Crippen LogP contribution is -2.27. The second kappa shape index (κ2) is 6.12. The van der Waals surface area contributed by atoms with Crippen molar-refractivity contribution in [3.8, 4) is 5.75 Å². The van der Waals surface area contributed by atoms with Gasteiger partial charge in [0.15, 0.2) is 0 Å². The summed E-state index contributed by atoms with van der Waals surface area (Å²) in [6.07, 6.45) is 0. The number of hydrogen-bond acceptors (Lipinski definition) is 3. The van der Waals surface area contributed by atoms with E-state index in [-0.39, 0.29) is 11.9 Å². The van der Waals surface area contributed by atoms with Crippen LogP contribution in [0.15, 0.2) is 42.5 Å². The molecule has 1 aromatic heterocycles. The minimum atomic E-state index is -0.220. The molecule has 2 N–H and O–H groups in total. The van der Waals surface area contributed by atoms with Gasteiger partial charge in [0.2, 0.25) is 0 Å². The van der Waals surface area contributed by atoms with Crippen molar-refractivity contribution in [2.45, 2.75) is 19.9 Å². The number of benzene rings is 2. The zero-order valence-corrected chi connectivity index (χ0v) is 13.4. The van der Waals surface area contributed by atoms with Gasteiger partial charge in [0.05, 0.1) is 24.2 Å². The fourth-order valence-electron chi connectivity index (χ4n) is 2.49. The smallest absolute Gasteiger partial charge is 0.251 e. The van der Waals surface area contributed by atoms with Gasteiger partial charge in [0.25, 0.3) is 5.91 Å². The zero-order valence-electron chi connectivity index (χ0n) is 13.4. The highest BCUT2D eigenvalue weighted by Crippen LogP contribution is 2.20. The second-order valence-electron chi connectivity index (χ2n) is 5.52. The van der Waals surface area contributed by atoms with Gasteiger partial charge in [0.1, 0.15) is 11.6 Å². The normalized spacial score (nSPS) is 12.1. The molecule has 1 amide bonds. The molecule has 3 rings (SSSR count). The lowest BCUT2D eigenvalue weighted by molar-refractivity contribution is 0.0938. The standard InChI is InChI=1S/C18H19N3O2/c1-11-8-9-13(10-16(11)23-3)18(22)19-12(2)17-20-14-6-4-5-7-15(14)21-17/h4-10,12H,1-3H3,(H,19,22)(H,20,21). The number of hydrogen-bond donors (Lipinski definition) is 2. The molecule has 0 aliphatic carbocycles. The summed E-state index contributed by atoms with van der Waals surface area (Å²) in [6.45, 7) is 3.85. The molecule has 118 valence electrons. The van der Waals surface area contributed by atoms with E-state index in [0.717, 1.165) is 22.4 Å². The topological polar surface area (TPSA) is 67.0 Å². The van der Waals surface area contributed by atoms with E-state index in [1.807, 2.05) is 44.2 Å². The predicted octanol–water partition coefficient (Wildman–Crippen LogP) is 3.37. The first-order valence-corrected chi connectivity index (χ1v) is 7.48. The molecule has 0 aliphatic rings. The molecule has 5 heteroatoms. The maximum atomic E-state index is 12.4. The first kappa shape index (κ1) is 15.1. The van der Waals surface area contributed by atoms with Crippen molar-refractivity contribution in [1.82, 2.24) is 15.3 Å². The predicted molar refractivity (Wildman–Crippen MR) is 89.7 cm³/mol. The Balaban J connectivity index is 1.79. The van der Waals surface area contributed by atoms with Gasteiger partial charge in [-0.1, -0.05) is 18.2 Å². The van der Waals surface area contributed by atoms with E-state index in [9.17, 15) is 4.79 Å². The molecule has 1 atom stereocenters. The molecule has 0 spiro atoms. The average Bonchev–Trinajstić information content (AvgIpc) is 2.99. The van der Waals surface area contributed by atoms with Crippen molar-refractivity contribution in [3.05, 3.63) is 59.4 Å². The lowest BCUT2D eigenvalue weighted by atomic mass is 10.1. The SMILES string of the molecule is COc1cc(C(=O)NC(C)c2nc3ccccc3[nH]2)ccc1C. The number of fused-ring (bicyclic) bond motifs is 1.